The molecule has 1 aliphatic rings. The van der Waals surface area contributed by atoms with E-state index in [1.165, 1.54) is 31.9 Å². The smallest absolute Gasteiger partial charge is 0.143 e. The van der Waals surface area contributed by atoms with Crippen LogP contribution in [0.15, 0.2) is 57.4 Å². The molecule has 2 nitrogen and oxygen atoms in total. The van der Waals surface area contributed by atoms with E-state index in [9.17, 15) is 0 Å². The maximum atomic E-state index is 4.55. The third-order valence-electron chi connectivity index (χ3n) is 1.88. The second-order valence-electron chi connectivity index (χ2n) is 3.13. The summed E-state index contributed by atoms with van der Waals surface area (Å²) in [7, 11) is 0.329. The molecular weight excluding hydrogens is 207 g/mol. The minimum Gasteiger partial charge on any atom is -0.296 e. The lowest BCUT2D eigenvalue weighted by atomic mass is 10.1. The molecule has 1 heterocycles. The SMILES string of the molecule is C1=CCCCCC=C1.c1cc[pH]ooc1. The van der Waals surface area contributed by atoms with Crippen molar-refractivity contribution in [1.82, 2.24) is 0 Å². The maximum Gasteiger partial charge on any atom is 0.143 e. The van der Waals surface area contributed by atoms with Crippen LogP contribution in [0.1, 0.15) is 25.7 Å². The fourth-order valence-corrected chi connectivity index (χ4v) is 1.49. The quantitative estimate of drug-likeness (QED) is 0.597. The Hall–Kier alpha value is -1.14. The van der Waals surface area contributed by atoms with Crippen LogP contribution in [-0.4, -0.2) is 0 Å². The molecule has 0 amide bonds. The van der Waals surface area contributed by atoms with Gasteiger partial charge in [-0.25, -0.2) is 0 Å². The summed E-state index contributed by atoms with van der Waals surface area (Å²) < 4.78 is 9.01. The van der Waals surface area contributed by atoms with E-state index in [0.29, 0.717) is 8.43 Å². The normalized spacial score (nSPS) is 14.9. The van der Waals surface area contributed by atoms with Crippen molar-refractivity contribution >= 4 is 8.43 Å². The van der Waals surface area contributed by atoms with Gasteiger partial charge in [-0.15, -0.1) is 0 Å². The molecule has 0 radical (unpaired) electrons. The summed E-state index contributed by atoms with van der Waals surface area (Å²) in [5, 5.41) is 0. The van der Waals surface area contributed by atoms with E-state index in [2.05, 4.69) is 33.2 Å². The molecule has 1 aromatic rings. The largest absolute Gasteiger partial charge is 0.296 e. The van der Waals surface area contributed by atoms with E-state index in [1.807, 2.05) is 11.9 Å². The van der Waals surface area contributed by atoms with E-state index in [1.54, 1.807) is 6.07 Å². The van der Waals surface area contributed by atoms with Crippen molar-refractivity contribution in [3.63, 3.8) is 0 Å². The van der Waals surface area contributed by atoms with Gasteiger partial charge in [0.1, 0.15) is 6.26 Å². The third-order valence-corrected chi connectivity index (χ3v) is 2.40. The zero-order valence-electron chi connectivity index (χ0n) is 8.76. The van der Waals surface area contributed by atoms with Gasteiger partial charge in [0.2, 0.25) is 0 Å². The van der Waals surface area contributed by atoms with Gasteiger partial charge >= 0.3 is 0 Å². The number of allylic oxidation sites excluding steroid dienone is 4. The van der Waals surface area contributed by atoms with Crippen LogP contribution < -0.4 is 0 Å². The summed E-state index contributed by atoms with van der Waals surface area (Å²) in [5.74, 6) is 1.89. The third kappa shape index (κ3) is 7.90. The Kier molecular flexibility index (Phi) is 7.49. The fourth-order valence-electron chi connectivity index (χ4n) is 1.13. The molecule has 0 aliphatic heterocycles. The number of hydrogen-bond acceptors (Lipinski definition) is 2. The lowest BCUT2D eigenvalue weighted by molar-refractivity contribution is 0.102. The maximum absolute atomic E-state index is 4.55. The molecule has 0 saturated carbocycles. The Morgan fingerprint density at radius 2 is 1.67 bits per heavy atom. The molecule has 15 heavy (non-hydrogen) atoms. The Morgan fingerprint density at radius 3 is 2.40 bits per heavy atom. The highest BCUT2D eigenvalue weighted by Crippen LogP contribution is 2.04. The van der Waals surface area contributed by atoms with E-state index in [-0.39, 0.29) is 0 Å². The Morgan fingerprint density at radius 1 is 0.933 bits per heavy atom. The van der Waals surface area contributed by atoms with Crippen LogP contribution in [0.3, 0.4) is 0 Å². The molecule has 0 spiro atoms. The van der Waals surface area contributed by atoms with Gasteiger partial charge in [0.05, 0.1) is 8.43 Å². The average Bonchev–Trinajstić information content (AvgIpc) is 2.48. The number of rotatable bonds is 0. The minimum absolute atomic E-state index is 0.329. The van der Waals surface area contributed by atoms with Crippen molar-refractivity contribution in [2.75, 3.05) is 0 Å². The monoisotopic (exact) mass is 224 g/mol. The van der Waals surface area contributed by atoms with E-state index >= 15 is 0 Å². The zero-order chi connectivity index (χ0) is 10.6. The van der Waals surface area contributed by atoms with Crippen LogP contribution in [0.4, 0.5) is 0 Å². The first-order chi connectivity index (χ1) is 7.50. The van der Waals surface area contributed by atoms with Crippen molar-refractivity contribution in [1.29, 1.82) is 0 Å². The summed E-state index contributed by atoms with van der Waals surface area (Å²) in [4.78, 5) is 0. The molecular formula is C12H17O2P. The van der Waals surface area contributed by atoms with Gasteiger partial charge in [-0.2, -0.15) is 0 Å². The average molecular weight is 224 g/mol. The lowest BCUT2D eigenvalue weighted by Crippen LogP contribution is -1.74. The number of hydrogen-bond donors (Lipinski definition) is 0. The van der Waals surface area contributed by atoms with E-state index < -0.39 is 0 Å². The second-order valence-corrected chi connectivity index (χ2v) is 3.86. The van der Waals surface area contributed by atoms with Crippen LogP contribution in [0.25, 0.3) is 0 Å². The standard InChI is InChI=1S/C8H12.C4H5O2P/c1-2-4-6-8-7-5-3-1;1-2-4-7-6-5-3-1/h1-4H,5-8H2;1-4,7H. The van der Waals surface area contributed by atoms with Gasteiger partial charge in [0.25, 0.3) is 0 Å². The van der Waals surface area contributed by atoms with E-state index in [0.717, 1.165) is 0 Å². The molecule has 1 atom stereocenters. The first kappa shape index (κ1) is 11.9. The van der Waals surface area contributed by atoms with Gasteiger partial charge in [-0.05, 0) is 37.5 Å². The first-order valence-electron chi connectivity index (χ1n) is 5.21. The van der Waals surface area contributed by atoms with Crippen LogP contribution in [0.5, 0.6) is 0 Å². The highest BCUT2D eigenvalue weighted by molar-refractivity contribution is 7.21. The van der Waals surface area contributed by atoms with Gasteiger partial charge in [-0.3, -0.25) is 8.93 Å². The summed E-state index contributed by atoms with van der Waals surface area (Å²) in [6.07, 6.45) is 15.5. The van der Waals surface area contributed by atoms with Crippen LogP contribution in [0, 0.1) is 0 Å². The summed E-state index contributed by atoms with van der Waals surface area (Å²) >= 11 is 0. The van der Waals surface area contributed by atoms with Crippen LogP contribution in [0.2, 0.25) is 0 Å². The van der Waals surface area contributed by atoms with Crippen molar-refractivity contribution in [3.8, 4) is 0 Å². The molecule has 3 heteroatoms. The van der Waals surface area contributed by atoms with Crippen LogP contribution >= 0.6 is 8.43 Å². The van der Waals surface area contributed by atoms with Gasteiger partial charge in [-0.1, -0.05) is 30.4 Å². The Labute approximate surface area is 92.1 Å². The zero-order valence-corrected chi connectivity index (χ0v) is 9.76. The molecule has 82 valence electrons. The minimum atomic E-state index is 0.329. The van der Waals surface area contributed by atoms with Gasteiger partial charge < -0.3 is 0 Å². The van der Waals surface area contributed by atoms with Gasteiger partial charge in [0.15, 0.2) is 0 Å². The molecule has 0 saturated heterocycles. The van der Waals surface area contributed by atoms with Crippen molar-refractivity contribution in [3.05, 3.63) is 48.5 Å². The molecule has 0 bridgehead atoms. The summed E-state index contributed by atoms with van der Waals surface area (Å²) in [6.45, 7) is 0. The summed E-state index contributed by atoms with van der Waals surface area (Å²) in [6, 6.07) is 3.66. The van der Waals surface area contributed by atoms with Crippen molar-refractivity contribution < 1.29 is 8.93 Å². The Balaban J connectivity index is 0.000000151. The van der Waals surface area contributed by atoms with Crippen LogP contribution in [-0.2, 0) is 0 Å². The molecule has 1 aromatic heterocycles. The fraction of sp³-hybridized carbons (Fsp3) is 0.333. The predicted octanol–water partition coefficient (Wildman–Crippen LogP) is 4.70. The van der Waals surface area contributed by atoms with Crippen molar-refractivity contribution in [2.45, 2.75) is 25.7 Å². The van der Waals surface area contributed by atoms with Crippen molar-refractivity contribution in [2.24, 2.45) is 0 Å². The predicted molar refractivity (Wildman–Crippen MR) is 64.9 cm³/mol. The van der Waals surface area contributed by atoms with Gasteiger partial charge in [0, 0.05) is 0 Å². The van der Waals surface area contributed by atoms with E-state index in [4.69, 9.17) is 0 Å². The molecule has 0 fully saturated rings. The lowest BCUT2D eigenvalue weighted by Gasteiger charge is -1.94. The topological polar surface area (TPSA) is 26.3 Å². The Bertz CT molecular complexity index is 250. The highest BCUT2D eigenvalue weighted by atomic mass is 31.1. The molecule has 2 rings (SSSR count). The first-order valence-corrected chi connectivity index (χ1v) is 6.20. The molecule has 1 aliphatic carbocycles. The summed E-state index contributed by atoms with van der Waals surface area (Å²) in [5.41, 5.74) is 0. The molecule has 1 unspecified atom stereocenters. The highest BCUT2D eigenvalue weighted by Gasteiger charge is 1.84. The molecule has 0 aromatic carbocycles. The second kappa shape index (κ2) is 9.42. The molecule has 0 N–H and O–H groups in total.